The Labute approximate surface area is 190 Å². The number of sulfone groups is 1. The van der Waals surface area contributed by atoms with Gasteiger partial charge in [-0.25, -0.2) is 12.6 Å². The van der Waals surface area contributed by atoms with Gasteiger partial charge < -0.3 is 0 Å². The third-order valence-electron chi connectivity index (χ3n) is 4.73. The summed E-state index contributed by atoms with van der Waals surface area (Å²) >= 11 is 0. The maximum Gasteiger partial charge on any atom is 0.298 e. The standard InChI is InChI=1S/C22H19NO8S2/c1-15-3-11-19(12-4-15)32(27,28)22(21(24)17-7-9-18(10-8-17)23(25)26)31-33(29,30)20-13-5-16(2)6-14-20/h3-14,22H,1-2H3. The molecule has 172 valence electrons. The molecule has 9 nitrogen and oxygen atoms in total. The number of aryl methyl sites for hydroxylation is 2. The highest BCUT2D eigenvalue weighted by Gasteiger charge is 2.40. The number of hydrogen-bond donors (Lipinski definition) is 0. The zero-order chi connectivity index (χ0) is 24.4. The van der Waals surface area contributed by atoms with E-state index in [0.29, 0.717) is 0 Å². The van der Waals surface area contributed by atoms with E-state index in [9.17, 15) is 31.7 Å². The highest BCUT2D eigenvalue weighted by atomic mass is 32.2. The summed E-state index contributed by atoms with van der Waals surface area (Å²) in [5.41, 5.74) is -1.51. The zero-order valence-corrected chi connectivity index (χ0v) is 19.2. The van der Waals surface area contributed by atoms with Gasteiger partial charge in [-0.1, -0.05) is 35.4 Å². The zero-order valence-electron chi connectivity index (χ0n) is 17.5. The van der Waals surface area contributed by atoms with Crippen molar-refractivity contribution in [3.05, 3.63) is 99.6 Å². The molecule has 0 saturated heterocycles. The molecule has 0 aliphatic carbocycles. The van der Waals surface area contributed by atoms with E-state index in [0.717, 1.165) is 35.4 Å². The van der Waals surface area contributed by atoms with Crippen molar-refractivity contribution in [2.75, 3.05) is 0 Å². The monoisotopic (exact) mass is 489 g/mol. The number of ketones is 1. The molecule has 0 bridgehead atoms. The van der Waals surface area contributed by atoms with Crippen LogP contribution in [0.5, 0.6) is 0 Å². The molecule has 0 fully saturated rings. The third kappa shape index (κ3) is 5.33. The first-order valence-electron chi connectivity index (χ1n) is 9.51. The predicted molar refractivity (Wildman–Crippen MR) is 119 cm³/mol. The van der Waals surface area contributed by atoms with Crippen molar-refractivity contribution in [1.29, 1.82) is 0 Å². The van der Waals surface area contributed by atoms with E-state index in [4.69, 9.17) is 4.18 Å². The number of Topliss-reactive ketones (excluding diaryl/α,β-unsaturated/α-hetero) is 1. The van der Waals surface area contributed by atoms with E-state index in [1.165, 1.54) is 48.5 Å². The lowest BCUT2D eigenvalue weighted by Crippen LogP contribution is -2.35. The van der Waals surface area contributed by atoms with Crippen LogP contribution in [0.4, 0.5) is 5.69 Å². The van der Waals surface area contributed by atoms with Crippen molar-refractivity contribution in [1.82, 2.24) is 0 Å². The van der Waals surface area contributed by atoms with Crippen molar-refractivity contribution in [3.8, 4) is 0 Å². The van der Waals surface area contributed by atoms with Crippen LogP contribution in [-0.4, -0.2) is 33.0 Å². The summed E-state index contributed by atoms with van der Waals surface area (Å²) in [7, 11) is -9.28. The minimum atomic E-state index is -4.66. The Morgan fingerprint density at radius 3 is 1.70 bits per heavy atom. The summed E-state index contributed by atoms with van der Waals surface area (Å²) in [6.07, 6.45) is 0. The van der Waals surface area contributed by atoms with Gasteiger partial charge in [0, 0.05) is 17.7 Å². The molecule has 1 unspecified atom stereocenters. The number of benzene rings is 3. The summed E-state index contributed by atoms with van der Waals surface area (Å²) in [6, 6.07) is 15.0. The second-order valence-electron chi connectivity index (χ2n) is 7.22. The SMILES string of the molecule is Cc1ccc(S(=O)(=O)OC(C(=O)c2ccc([N+](=O)[O-])cc2)S(=O)(=O)c2ccc(C)cc2)cc1. The number of rotatable bonds is 8. The van der Waals surface area contributed by atoms with Gasteiger partial charge in [0.2, 0.25) is 21.1 Å². The lowest BCUT2D eigenvalue weighted by atomic mass is 10.1. The van der Waals surface area contributed by atoms with Gasteiger partial charge in [0.1, 0.15) is 0 Å². The van der Waals surface area contributed by atoms with Crippen LogP contribution in [-0.2, 0) is 24.1 Å². The van der Waals surface area contributed by atoms with E-state index in [-0.39, 0.29) is 21.0 Å². The first-order valence-corrected chi connectivity index (χ1v) is 12.5. The lowest BCUT2D eigenvalue weighted by molar-refractivity contribution is -0.384. The van der Waals surface area contributed by atoms with Crippen molar-refractivity contribution in [2.24, 2.45) is 0 Å². The lowest BCUT2D eigenvalue weighted by Gasteiger charge is -2.18. The third-order valence-corrected chi connectivity index (χ3v) is 7.95. The van der Waals surface area contributed by atoms with E-state index in [2.05, 4.69) is 0 Å². The van der Waals surface area contributed by atoms with E-state index < -0.39 is 36.1 Å². The Hall–Kier alpha value is -3.41. The number of nitro benzene ring substituents is 1. The minimum absolute atomic E-state index is 0.264. The maximum absolute atomic E-state index is 13.3. The Bertz CT molecular complexity index is 1390. The molecule has 0 heterocycles. The molecule has 0 amide bonds. The number of carbonyl (C=O) groups excluding carboxylic acids is 1. The van der Waals surface area contributed by atoms with E-state index >= 15 is 0 Å². The van der Waals surface area contributed by atoms with Crippen molar-refractivity contribution in [2.45, 2.75) is 29.1 Å². The molecule has 3 rings (SSSR count). The normalized spacial score (nSPS) is 12.8. The molecule has 3 aromatic carbocycles. The van der Waals surface area contributed by atoms with Crippen molar-refractivity contribution in [3.63, 3.8) is 0 Å². The Balaban J connectivity index is 2.09. The van der Waals surface area contributed by atoms with Crippen LogP contribution in [0.25, 0.3) is 0 Å². The summed E-state index contributed by atoms with van der Waals surface area (Å²) in [5, 5.41) is 10.9. The highest BCUT2D eigenvalue weighted by molar-refractivity contribution is 7.94. The molecule has 0 N–H and O–H groups in total. The summed E-state index contributed by atoms with van der Waals surface area (Å²) in [4.78, 5) is 22.7. The average Bonchev–Trinajstić information content (AvgIpc) is 2.77. The van der Waals surface area contributed by atoms with Gasteiger partial charge in [-0.2, -0.15) is 8.42 Å². The molecule has 0 radical (unpaired) electrons. The smallest absolute Gasteiger partial charge is 0.290 e. The van der Waals surface area contributed by atoms with Crippen LogP contribution >= 0.6 is 0 Å². The molecule has 11 heteroatoms. The maximum atomic E-state index is 13.3. The van der Waals surface area contributed by atoms with Gasteiger partial charge >= 0.3 is 0 Å². The molecule has 3 aromatic rings. The topological polar surface area (TPSA) is 138 Å². The summed E-state index contributed by atoms with van der Waals surface area (Å²) in [6.45, 7) is 3.47. The molecule has 0 saturated carbocycles. The van der Waals surface area contributed by atoms with Gasteiger partial charge in [-0.05, 0) is 50.2 Å². The summed E-state index contributed by atoms with van der Waals surface area (Å²) in [5.74, 6) is -1.18. The number of non-ortho nitro benzene ring substituents is 1. The molecule has 0 aliphatic heterocycles. The average molecular weight is 490 g/mol. The van der Waals surface area contributed by atoms with Crippen molar-refractivity contribution < 1.29 is 30.7 Å². The molecular formula is C22H19NO8S2. The second-order valence-corrected chi connectivity index (χ2v) is 10.8. The van der Waals surface area contributed by atoms with E-state index in [1.54, 1.807) is 13.8 Å². The van der Waals surface area contributed by atoms with Crippen LogP contribution in [0.3, 0.4) is 0 Å². The molecule has 0 aliphatic rings. The fraction of sp³-hybridized carbons (Fsp3) is 0.136. The Morgan fingerprint density at radius 2 is 1.24 bits per heavy atom. The molecule has 1 atom stereocenters. The van der Waals surface area contributed by atoms with Crippen LogP contribution in [0, 0.1) is 24.0 Å². The predicted octanol–water partition coefficient (Wildman–Crippen LogP) is 3.60. The first kappa shape index (κ1) is 24.2. The molecular weight excluding hydrogens is 470 g/mol. The van der Waals surface area contributed by atoms with E-state index in [1.807, 2.05) is 0 Å². The van der Waals surface area contributed by atoms with Gasteiger partial charge in [-0.15, -0.1) is 0 Å². The number of nitrogens with zero attached hydrogens (tertiary/aromatic N) is 1. The number of carbonyl (C=O) groups is 1. The molecule has 33 heavy (non-hydrogen) atoms. The quantitative estimate of drug-likeness (QED) is 0.202. The van der Waals surface area contributed by atoms with Gasteiger partial charge in [0.05, 0.1) is 14.7 Å². The van der Waals surface area contributed by atoms with Crippen LogP contribution in [0.2, 0.25) is 0 Å². The van der Waals surface area contributed by atoms with Gasteiger partial charge in [0.25, 0.3) is 15.8 Å². The first-order chi connectivity index (χ1) is 15.4. The number of hydrogen-bond acceptors (Lipinski definition) is 8. The number of nitro groups is 1. The fourth-order valence-corrected chi connectivity index (χ4v) is 5.65. The van der Waals surface area contributed by atoms with Gasteiger partial charge in [-0.3, -0.25) is 14.9 Å². The minimum Gasteiger partial charge on any atom is -0.290 e. The van der Waals surface area contributed by atoms with Crippen LogP contribution in [0.15, 0.2) is 82.6 Å². The van der Waals surface area contributed by atoms with Crippen molar-refractivity contribution >= 4 is 31.4 Å². The van der Waals surface area contributed by atoms with Gasteiger partial charge in [0.15, 0.2) is 0 Å². The Kier molecular flexibility index (Phi) is 6.77. The highest BCUT2D eigenvalue weighted by Crippen LogP contribution is 2.26. The Morgan fingerprint density at radius 1 is 0.788 bits per heavy atom. The largest absolute Gasteiger partial charge is 0.298 e. The second kappa shape index (κ2) is 9.22. The molecule has 0 spiro atoms. The van der Waals surface area contributed by atoms with Crippen LogP contribution in [0.1, 0.15) is 21.5 Å². The molecule has 0 aromatic heterocycles. The van der Waals surface area contributed by atoms with Crippen LogP contribution < -0.4 is 0 Å². The fourth-order valence-electron chi connectivity index (χ4n) is 2.85. The summed E-state index contributed by atoms with van der Waals surface area (Å²) < 4.78 is 57.2.